The molecule has 13 heteroatoms. The molecule has 4 saturated heterocycles. The minimum Gasteiger partial charge on any atom is -0.662 e. The van der Waals surface area contributed by atoms with Crippen LogP contribution in [-0.4, -0.2) is 94.0 Å². The first-order valence-corrected chi connectivity index (χ1v) is 17.9. The zero-order valence-corrected chi connectivity index (χ0v) is 40.1. The van der Waals surface area contributed by atoms with Crippen molar-refractivity contribution in [3.8, 4) is 11.5 Å². The van der Waals surface area contributed by atoms with E-state index >= 15 is 0 Å². The summed E-state index contributed by atoms with van der Waals surface area (Å²) in [5.41, 5.74) is 7.48. The number of hydrogen-bond acceptors (Lipinski definition) is 7. The molecule has 0 atom stereocenters. The van der Waals surface area contributed by atoms with Crippen molar-refractivity contribution in [3.63, 3.8) is 0 Å². The van der Waals surface area contributed by atoms with E-state index < -0.39 is 0 Å². The molecule has 50 heavy (non-hydrogen) atoms. The van der Waals surface area contributed by atoms with Crippen LogP contribution in [0.3, 0.4) is 0 Å². The summed E-state index contributed by atoms with van der Waals surface area (Å²) < 4.78 is 11.7. The molecule has 3 radical (unpaired) electrons. The van der Waals surface area contributed by atoms with E-state index in [9.17, 15) is 0 Å². The molecule has 6 rings (SSSR count). The Hall–Kier alpha value is 0.712. The maximum absolute atomic E-state index is 8.87. The third-order valence-corrected chi connectivity index (χ3v) is 7.61. The van der Waals surface area contributed by atoms with Gasteiger partial charge in [0.2, 0.25) is 0 Å². The van der Waals surface area contributed by atoms with Crippen LogP contribution >= 0.6 is 0 Å². The molecule has 0 saturated carbocycles. The first-order valence-electron chi connectivity index (χ1n) is 17.9. The fourth-order valence-corrected chi connectivity index (χ4v) is 4.86. The monoisotopic (exact) mass is 924 g/mol. The molecule has 279 valence electrons. The average Bonchev–Trinajstić information content (AvgIpc) is 3.14. The van der Waals surface area contributed by atoms with Gasteiger partial charge in [-0.05, 0) is 113 Å². The van der Waals surface area contributed by atoms with E-state index in [-0.39, 0.29) is 110 Å². The van der Waals surface area contributed by atoms with E-state index in [1.807, 2.05) is 83.3 Å². The fraction of sp³-hybridized carbons (Fsp3) is 0.676. The van der Waals surface area contributed by atoms with Crippen molar-refractivity contribution in [2.45, 2.75) is 103 Å². The van der Waals surface area contributed by atoms with Crippen LogP contribution in [0.2, 0.25) is 0 Å². The van der Waals surface area contributed by atoms with Gasteiger partial charge < -0.3 is 52.0 Å². The summed E-state index contributed by atoms with van der Waals surface area (Å²) in [6.07, 6.45) is 8.37. The van der Waals surface area contributed by atoms with E-state index in [4.69, 9.17) is 25.4 Å². The third kappa shape index (κ3) is 28.2. The number of anilines is 2. The van der Waals surface area contributed by atoms with Crippen molar-refractivity contribution in [1.29, 1.82) is 0 Å². The van der Waals surface area contributed by atoms with Gasteiger partial charge >= 0.3 is 0 Å². The smallest absolute Gasteiger partial charge is 0.119 e. The summed E-state index contributed by atoms with van der Waals surface area (Å²) in [5.74, 6) is 1.87. The van der Waals surface area contributed by atoms with Crippen LogP contribution < -0.4 is 25.8 Å². The Labute approximate surface area is 380 Å². The van der Waals surface area contributed by atoms with Crippen molar-refractivity contribution in [2.75, 3.05) is 70.5 Å². The second-order valence-corrected chi connectivity index (χ2v) is 11.2. The number of nitrogens with zero attached hydrogens (tertiary/aromatic N) is 3. The van der Waals surface area contributed by atoms with E-state index in [1.165, 1.54) is 0 Å². The molecule has 4 aliphatic heterocycles. The normalized spacial score (nSPS) is 17.6. The Bertz CT molecular complexity index is 943. The molecule has 2 aromatic carbocycles. The third-order valence-electron chi connectivity index (χ3n) is 7.61. The topological polar surface area (TPSA) is 151 Å². The number of aliphatic hydroxyl groups excluding tert-OH is 2. The van der Waals surface area contributed by atoms with Gasteiger partial charge in [0.15, 0.2) is 0 Å². The molecule has 0 bridgehead atoms. The molecule has 4 aliphatic rings. The van der Waals surface area contributed by atoms with Crippen LogP contribution in [0.1, 0.15) is 79.1 Å². The summed E-state index contributed by atoms with van der Waals surface area (Å²) in [7, 11) is 1.92. The quantitative estimate of drug-likeness (QED) is 0.201. The largest absolute Gasteiger partial charge is 0.662 e. The summed E-state index contributed by atoms with van der Waals surface area (Å²) in [6, 6.07) is 15.6. The molecule has 4 fully saturated rings. The van der Waals surface area contributed by atoms with Crippen molar-refractivity contribution in [2.24, 2.45) is 0 Å². The van der Waals surface area contributed by atoms with Gasteiger partial charge in [-0.2, -0.15) is 0 Å². The van der Waals surface area contributed by atoms with Crippen molar-refractivity contribution in [3.05, 3.63) is 64.5 Å². The first kappa shape index (κ1) is 55.1. The zero-order chi connectivity index (χ0) is 34.5. The number of piperidine rings is 4. The van der Waals surface area contributed by atoms with Crippen LogP contribution in [0.15, 0.2) is 48.5 Å². The Kier molecular flexibility index (Phi) is 41.8. The van der Waals surface area contributed by atoms with Crippen molar-refractivity contribution in [1.82, 2.24) is 5.32 Å². The number of rotatable bonds is 5. The summed E-state index contributed by atoms with van der Waals surface area (Å²) in [6.45, 7) is 15.4. The van der Waals surface area contributed by atoms with Gasteiger partial charge in [0, 0.05) is 117 Å². The number of nitrogens with one attached hydrogen (secondary N) is 2. The summed E-state index contributed by atoms with van der Waals surface area (Å²) in [5, 5.41) is 36.6. The van der Waals surface area contributed by atoms with Crippen LogP contribution in [-0.2, 0) is 98.1 Å². The van der Waals surface area contributed by atoms with Crippen LogP contribution in [0.5, 0.6) is 11.5 Å². The number of nitrogen functional groups attached to an aromatic ring is 1. The second kappa shape index (κ2) is 38.0. The number of nitrogens with two attached hydrogens (primary N) is 1. The molecule has 0 unspecified atom stereocenters. The van der Waals surface area contributed by atoms with Gasteiger partial charge in [0.25, 0.3) is 0 Å². The number of hydrogen-bond donors (Lipinski definition) is 5. The minimum absolute atomic E-state index is 0. The first-order chi connectivity index (χ1) is 23.0. The van der Waals surface area contributed by atoms with Crippen molar-refractivity contribution >= 4 is 11.4 Å². The minimum atomic E-state index is -0.0579. The zero-order valence-electron chi connectivity index (χ0n) is 31.6. The van der Waals surface area contributed by atoms with E-state index in [2.05, 4.69) is 26.6 Å². The van der Waals surface area contributed by atoms with Gasteiger partial charge in [0.05, 0.1) is 24.4 Å². The number of aliphatic hydroxyl groups is 2. The molecule has 0 spiro atoms. The Morgan fingerprint density at radius 3 is 1.22 bits per heavy atom. The standard InChI is InChI=1S/C12H17N2O.C11H15N2O.C5H11NO.C5H10NO.2C2H6.3Y/c1-13-10-2-4-11(5-3-10)15-12-6-8-14-9-7-12;12-9-1-3-10(4-2-9)14-11-5-7-13-8-6-11;2*7-5-1-3-6-4-2-5;2*1-2;;;/h2-5,12-13H,6-9H2,1H3;1-4,11H,5-8,12H2;5-7H,1-4H2;5,7H,1-4H2;2*1-2H3;;;/q2*-1;;-1;;;;;. The van der Waals surface area contributed by atoms with Crippen LogP contribution in [0, 0.1) is 0 Å². The molecular formula is C37H65N6O4Y3-3. The number of benzene rings is 2. The van der Waals surface area contributed by atoms with E-state index in [0.717, 1.165) is 127 Å². The Balaban J connectivity index is -0.000000583. The fourth-order valence-electron chi connectivity index (χ4n) is 4.86. The van der Waals surface area contributed by atoms with Gasteiger partial charge in [-0.15, -0.1) is 39.3 Å². The molecule has 6 N–H and O–H groups in total. The van der Waals surface area contributed by atoms with Gasteiger partial charge in [-0.1, -0.05) is 27.7 Å². The predicted octanol–water partition coefficient (Wildman–Crippen LogP) is 7.12. The molecule has 0 aliphatic carbocycles. The Morgan fingerprint density at radius 2 is 0.920 bits per heavy atom. The maximum Gasteiger partial charge on any atom is 0.119 e. The van der Waals surface area contributed by atoms with Gasteiger partial charge in [-0.3, -0.25) is 0 Å². The molecule has 0 amide bonds. The second-order valence-electron chi connectivity index (χ2n) is 11.2. The predicted molar refractivity (Wildman–Crippen MR) is 199 cm³/mol. The maximum atomic E-state index is 8.87. The van der Waals surface area contributed by atoms with E-state index in [0.29, 0.717) is 12.2 Å². The molecular weight excluding hydrogens is 859 g/mol. The van der Waals surface area contributed by atoms with Gasteiger partial charge in [-0.25, -0.2) is 0 Å². The van der Waals surface area contributed by atoms with Crippen molar-refractivity contribution < 1.29 is 118 Å². The summed E-state index contributed by atoms with van der Waals surface area (Å²) >= 11 is 0. The summed E-state index contributed by atoms with van der Waals surface area (Å²) in [4.78, 5) is 0. The molecule has 2 aromatic rings. The Morgan fingerprint density at radius 1 is 0.580 bits per heavy atom. The van der Waals surface area contributed by atoms with E-state index in [1.54, 1.807) is 0 Å². The molecule has 0 aromatic heterocycles. The molecule has 10 nitrogen and oxygen atoms in total. The number of ether oxygens (including phenoxy) is 2. The SMILES string of the molecule is CC.CC.CNc1ccc(OC2CC[N-]CC2)cc1.Nc1ccc(OC2CC[N-]CC2)cc1.OC1CCNCC1.OC1CC[N-]CC1.[Y].[Y].[Y]. The van der Waals surface area contributed by atoms with Gasteiger partial charge in [0.1, 0.15) is 11.5 Å². The molecule has 4 heterocycles. The van der Waals surface area contributed by atoms with Crippen LogP contribution in [0.25, 0.3) is 16.0 Å². The average molecular weight is 925 g/mol. The van der Waals surface area contributed by atoms with Crippen LogP contribution in [0.4, 0.5) is 11.4 Å².